The van der Waals surface area contributed by atoms with E-state index in [1.54, 1.807) is 7.11 Å². The lowest BCUT2D eigenvalue weighted by atomic mass is 10.2. The van der Waals surface area contributed by atoms with E-state index in [0.717, 1.165) is 11.3 Å². The van der Waals surface area contributed by atoms with Gasteiger partial charge in [0.2, 0.25) is 5.82 Å². The molecule has 2 aromatic rings. The molecule has 1 aromatic carbocycles. The first-order valence-corrected chi connectivity index (χ1v) is 5.86. The molecule has 0 unspecified atom stereocenters. The molecular formula is C12H10N2O2S. The number of thioether (sulfide) groups is 1. The molecular weight excluding hydrogens is 236 g/mol. The lowest BCUT2D eigenvalue weighted by molar-refractivity contribution is 0.341. The molecule has 5 heteroatoms. The van der Waals surface area contributed by atoms with Gasteiger partial charge in [0, 0.05) is 5.56 Å². The fourth-order valence-corrected chi connectivity index (χ4v) is 1.68. The normalized spacial score (nSPS) is 9.88. The zero-order chi connectivity index (χ0) is 12.1. The molecule has 0 aliphatic rings. The highest BCUT2D eigenvalue weighted by molar-refractivity contribution is 7.99. The molecule has 0 spiro atoms. The number of terminal acetylenes is 1. The Morgan fingerprint density at radius 1 is 1.41 bits per heavy atom. The first-order valence-electron chi connectivity index (χ1n) is 4.88. The Kier molecular flexibility index (Phi) is 3.68. The number of hydrogen-bond acceptors (Lipinski definition) is 5. The third-order valence-corrected chi connectivity index (χ3v) is 2.76. The maximum Gasteiger partial charge on any atom is 0.286 e. The molecule has 0 fully saturated rings. The average Bonchev–Trinajstić information content (AvgIpc) is 2.85. The van der Waals surface area contributed by atoms with Gasteiger partial charge in [0.25, 0.3) is 5.22 Å². The van der Waals surface area contributed by atoms with Crippen molar-refractivity contribution in [3.63, 3.8) is 0 Å². The second-order valence-electron chi connectivity index (χ2n) is 3.11. The minimum Gasteiger partial charge on any atom is -0.497 e. The number of aromatic nitrogens is 2. The summed E-state index contributed by atoms with van der Waals surface area (Å²) in [5, 5.41) is 4.36. The smallest absolute Gasteiger partial charge is 0.286 e. The van der Waals surface area contributed by atoms with Crippen molar-refractivity contribution in [2.24, 2.45) is 0 Å². The number of nitrogens with zero attached hydrogens (tertiary/aromatic N) is 2. The maximum absolute atomic E-state index is 5.15. The standard InChI is InChI=1S/C12H10N2O2S/c1-3-8-17-12-13-11(14-16-12)9-4-6-10(15-2)7-5-9/h1,4-7H,8H2,2H3. The second kappa shape index (κ2) is 5.41. The quantitative estimate of drug-likeness (QED) is 0.612. The van der Waals surface area contributed by atoms with Crippen LogP contribution in [-0.2, 0) is 0 Å². The van der Waals surface area contributed by atoms with E-state index in [1.165, 1.54) is 11.8 Å². The number of methoxy groups -OCH3 is 1. The van der Waals surface area contributed by atoms with Crippen LogP contribution >= 0.6 is 11.8 Å². The highest BCUT2D eigenvalue weighted by Gasteiger charge is 2.08. The minimum atomic E-state index is 0.480. The van der Waals surface area contributed by atoms with Gasteiger partial charge in [-0.15, -0.1) is 6.42 Å². The van der Waals surface area contributed by atoms with Crippen molar-refractivity contribution in [1.29, 1.82) is 0 Å². The fourth-order valence-electron chi connectivity index (χ4n) is 1.23. The summed E-state index contributed by atoms with van der Waals surface area (Å²) in [6.45, 7) is 0. The Bertz CT molecular complexity index is 528. The van der Waals surface area contributed by atoms with Crippen molar-refractivity contribution in [1.82, 2.24) is 10.1 Å². The molecule has 0 saturated carbocycles. The van der Waals surface area contributed by atoms with Crippen LogP contribution in [0.25, 0.3) is 11.4 Å². The van der Waals surface area contributed by atoms with E-state index >= 15 is 0 Å². The van der Waals surface area contributed by atoms with Gasteiger partial charge in [-0.2, -0.15) is 4.98 Å². The van der Waals surface area contributed by atoms with Gasteiger partial charge < -0.3 is 9.26 Å². The van der Waals surface area contributed by atoms with E-state index in [-0.39, 0.29) is 0 Å². The molecule has 86 valence electrons. The third kappa shape index (κ3) is 2.80. The van der Waals surface area contributed by atoms with Crippen LogP contribution in [0.1, 0.15) is 0 Å². The van der Waals surface area contributed by atoms with Gasteiger partial charge >= 0.3 is 0 Å². The number of benzene rings is 1. The highest BCUT2D eigenvalue weighted by Crippen LogP contribution is 2.22. The fraction of sp³-hybridized carbons (Fsp3) is 0.167. The highest BCUT2D eigenvalue weighted by atomic mass is 32.2. The lowest BCUT2D eigenvalue weighted by Gasteiger charge is -1.98. The maximum atomic E-state index is 5.15. The van der Waals surface area contributed by atoms with E-state index in [9.17, 15) is 0 Å². The van der Waals surface area contributed by atoms with Gasteiger partial charge in [-0.05, 0) is 24.3 Å². The summed E-state index contributed by atoms with van der Waals surface area (Å²) in [6.07, 6.45) is 5.15. The molecule has 2 rings (SSSR count). The summed E-state index contributed by atoms with van der Waals surface area (Å²) < 4.78 is 10.1. The molecule has 4 nitrogen and oxygen atoms in total. The lowest BCUT2D eigenvalue weighted by Crippen LogP contribution is -1.84. The molecule has 17 heavy (non-hydrogen) atoms. The van der Waals surface area contributed by atoms with Gasteiger partial charge in [-0.3, -0.25) is 0 Å². The molecule has 0 atom stereocenters. The van der Waals surface area contributed by atoms with E-state index in [2.05, 4.69) is 16.1 Å². The van der Waals surface area contributed by atoms with Crippen molar-refractivity contribution >= 4 is 11.8 Å². The first kappa shape index (κ1) is 11.6. The molecule has 0 aliphatic heterocycles. The first-order chi connectivity index (χ1) is 8.33. The SMILES string of the molecule is C#CCSc1nc(-c2ccc(OC)cc2)no1. The second-order valence-corrected chi connectivity index (χ2v) is 4.03. The van der Waals surface area contributed by atoms with Crippen LogP contribution in [0.2, 0.25) is 0 Å². The van der Waals surface area contributed by atoms with Crippen LogP contribution in [0, 0.1) is 12.3 Å². The molecule has 0 N–H and O–H groups in total. The van der Waals surface area contributed by atoms with Crippen molar-refractivity contribution < 1.29 is 9.26 Å². The molecule has 1 aromatic heterocycles. The third-order valence-electron chi connectivity index (χ3n) is 2.03. The van der Waals surface area contributed by atoms with Crippen LogP contribution in [0.15, 0.2) is 34.0 Å². The Hall–Kier alpha value is -1.93. The van der Waals surface area contributed by atoms with Crippen molar-refractivity contribution in [3.8, 4) is 29.5 Å². The van der Waals surface area contributed by atoms with Crippen molar-refractivity contribution in [2.45, 2.75) is 5.22 Å². The summed E-state index contributed by atoms with van der Waals surface area (Å²) in [4.78, 5) is 4.22. The van der Waals surface area contributed by atoms with Crippen LogP contribution < -0.4 is 4.74 Å². The number of hydrogen-bond donors (Lipinski definition) is 0. The van der Waals surface area contributed by atoms with Gasteiger partial charge in [0.05, 0.1) is 12.9 Å². The monoisotopic (exact) mass is 246 g/mol. The molecule has 0 bridgehead atoms. The molecule has 0 amide bonds. The zero-order valence-corrected chi connectivity index (χ0v) is 10.0. The minimum absolute atomic E-state index is 0.480. The Balaban J connectivity index is 2.16. The van der Waals surface area contributed by atoms with Gasteiger partial charge in [-0.1, -0.05) is 22.8 Å². The van der Waals surface area contributed by atoms with Gasteiger partial charge in [0.1, 0.15) is 5.75 Å². The molecule has 0 aliphatic carbocycles. The van der Waals surface area contributed by atoms with Crippen molar-refractivity contribution in [3.05, 3.63) is 24.3 Å². The molecule has 1 heterocycles. The van der Waals surface area contributed by atoms with E-state index in [4.69, 9.17) is 15.7 Å². The summed E-state index contributed by atoms with van der Waals surface area (Å²) in [5.41, 5.74) is 0.877. The number of rotatable bonds is 4. The van der Waals surface area contributed by atoms with Crippen LogP contribution in [-0.4, -0.2) is 23.0 Å². The average molecular weight is 246 g/mol. The predicted octanol–water partition coefficient (Wildman–Crippen LogP) is 2.47. The summed E-state index contributed by atoms with van der Waals surface area (Å²) in [5.74, 6) is 4.36. The van der Waals surface area contributed by atoms with Crippen LogP contribution in [0.3, 0.4) is 0 Å². The van der Waals surface area contributed by atoms with Crippen LogP contribution in [0.5, 0.6) is 5.75 Å². The van der Waals surface area contributed by atoms with E-state index in [1.807, 2.05) is 24.3 Å². The largest absolute Gasteiger partial charge is 0.497 e. The number of ether oxygens (including phenoxy) is 1. The summed E-state index contributed by atoms with van der Waals surface area (Å²) >= 11 is 1.34. The van der Waals surface area contributed by atoms with E-state index in [0.29, 0.717) is 16.8 Å². The molecule has 0 saturated heterocycles. The topological polar surface area (TPSA) is 48.2 Å². The Labute approximate surface area is 103 Å². The van der Waals surface area contributed by atoms with E-state index < -0.39 is 0 Å². The van der Waals surface area contributed by atoms with Crippen molar-refractivity contribution in [2.75, 3.05) is 12.9 Å². The summed E-state index contributed by atoms with van der Waals surface area (Å²) in [7, 11) is 1.62. The predicted molar refractivity (Wildman–Crippen MR) is 65.8 cm³/mol. The van der Waals surface area contributed by atoms with Gasteiger partial charge in [0.15, 0.2) is 0 Å². The molecule has 0 radical (unpaired) electrons. The van der Waals surface area contributed by atoms with Crippen LogP contribution in [0.4, 0.5) is 0 Å². The van der Waals surface area contributed by atoms with Gasteiger partial charge in [-0.25, -0.2) is 0 Å². The summed E-state index contributed by atoms with van der Waals surface area (Å²) in [6, 6.07) is 7.44. The Morgan fingerprint density at radius 3 is 2.82 bits per heavy atom. The Morgan fingerprint density at radius 2 is 2.18 bits per heavy atom. The zero-order valence-electron chi connectivity index (χ0n) is 9.21.